The van der Waals surface area contributed by atoms with Crippen LogP contribution in [0.2, 0.25) is 0 Å². The van der Waals surface area contributed by atoms with Crippen molar-refractivity contribution >= 4 is 22.6 Å². The number of benzene rings is 1. The van der Waals surface area contributed by atoms with E-state index in [0.29, 0.717) is 0 Å². The standard InChI is InChI=1S/C15H18IN3O/c1-11-15(12-5-7-13(16)8-6-12)18-19(17-11)10-14-4-2-3-9-20-14/h5-8,14H,2-4,9-10H2,1H3. The first-order valence-electron chi connectivity index (χ1n) is 7.01. The second-order valence-corrected chi connectivity index (χ2v) is 6.43. The van der Waals surface area contributed by atoms with Crippen molar-refractivity contribution in [3.8, 4) is 11.3 Å². The number of rotatable bonds is 3. The minimum absolute atomic E-state index is 0.264. The highest BCUT2D eigenvalue weighted by Crippen LogP contribution is 2.21. The molecule has 1 saturated heterocycles. The van der Waals surface area contributed by atoms with Gasteiger partial charge < -0.3 is 4.74 Å². The Hall–Kier alpha value is -0.950. The van der Waals surface area contributed by atoms with Gasteiger partial charge in [-0.2, -0.15) is 15.0 Å². The summed E-state index contributed by atoms with van der Waals surface area (Å²) in [5, 5.41) is 9.15. The molecule has 20 heavy (non-hydrogen) atoms. The largest absolute Gasteiger partial charge is 0.376 e. The van der Waals surface area contributed by atoms with Crippen LogP contribution in [-0.2, 0) is 11.3 Å². The third-order valence-electron chi connectivity index (χ3n) is 3.58. The molecule has 1 fully saturated rings. The highest BCUT2D eigenvalue weighted by molar-refractivity contribution is 14.1. The zero-order valence-electron chi connectivity index (χ0n) is 11.6. The molecule has 5 heteroatoms. The molecule has 2 aromatic rings. The smallest absolute Gasteiger partial charge is 0.115 e. The second-order valence-electron chi connectivity index (χ2n) is 5.18. The van der Waals surface area contributed by atoms with Gasteiger partial charge in [0.2, 0.25) is 0 Å². The Morgan fingerprint density at radius 1 is 1.25 bits per heavy atom. The molecule has 1 aliphatic rings. The number of ether oxygens (including phenoxy) is 1. The van der Waals surface area contributed by atoms with Gasteiger partial charge in [-0.3, -0.25) is 0 Å². The summed E-state index contributed by atoms with van der Waals surface area (Å²) in [5.74, 6) is 0. The van der Waals surface area contributed by atoms with E-state index in [0.717, 1.165) is 36.5 Å². The molecule has 4 nitrogen and oxygen atoms in total. The van der Waals surface area contributed by atoms with Crippen LogP contribution in [0.4, 0.5) is 0 Å². The lowest BCUT2D eigenvalue weighted by Crippen LogP contribution is -2.25. The van der Waals surface area contributed by atoms with E-state index in [1.54, 1.807) is 4.80 Å². The minimum Gasteiger partial charge on any atom is -0.376 e. The topological polar surface area (TPSA) is 39.9 Å². The van der Waals surface area contributed by atoms with Crippen molar-refractivity contribution < 1.29 is 4.74 Å². The Morgan fingerprint density at radius 2 is 2.05 bits per heavy atom. The van der Waals surface area contributed by atoms with Gasteiger partial charge in [-0.1, -0.05) is 12.1 Å². The number of hydrogen-bond donors (Lipinski definition) is 0. The van der Waals surface area contributed by atoms with Gasteiger partial charge in [0.1, 0.15) is 5.69 Å². The van der Waals surface area contributed by atoms with Crippen LogP contribution in [0.1, 0.15) is 25.0 Å². The molecule has 1 aliphatic heterocycles. The molecule has 1 aromatic heterocycles. The maximum absolute atomic E-state index is 5.75. The predicted octanol–water partition coefficient (Wildman–Crippen LogP) is 3.43. The third kappa shape index (κ3) is 3.20. The van der Waals surface area contributed by atoms with Crippen molar-refractivity contribution in [2.24, 2.45) is 0 Å². The fraction of sp³-hybridized carbons (Fsp3) is 0.467. The number of nitrogens with zero attached hydrogens (tertiary/aromatic N) is 3. The summed E-state index contributed by atoms with van der Waals surface area (Å²) >= 11 is 2.31. The molecule has 1 atom stereocenters. The van der Waals surface area contributed by atoms with Gasteiger partial charge in [0.25, 0.3) is 0 Å². The fourth-order valence-corrected chi connectivity index (χ4v) is 2.88. The van der Waals surface area contributed by atoms with Gasteiger partial charge in [-0.15, -0.1) is 0 Å². The minimum atomic E-state index is 0.264. The Kier molecular flexibility index (Phi) is 4.35. The van der Waals surface area contributed by atoms with E-state index in [1.165, 1.54) is 16.4 Å². The van der Waals surface area contributed by atoms with E-state index in [1.807, 2.05) is 6.92 Å². The SMILES string of the molecule is Cc1nn(CC2CCCCO2)nc1-c1ccc(I)cc1. The maximum atomic E-state index is 5.75. The summed E-state index contributed by atoms with van der Waals surface area (Å²) in [6.45, 7) is 3.64. The van der Waals surface area contributed by atoms with E-state index in [4.69, 9.17) is 4.74 Å². The van der Waals surface area contributed by atoms with E-state index >= 15 is 0 Å². The molecule has 106 valence electrons. The van der Waals surface area contributed by atoms with Crippen molar-refractivity contribution in [2.45, 2.75) is 38.8 Å². The van der Waals surface area contributed by atoms with Gasteiger partial charge >= 0.3 is 0 Å². The molecule has 2 heterocycles. The Labute approximate surface area is 132 Å². The maximum Gasteiger partial charge on any atom is 0.115 e. The van der Waals surface area contributed by atoms with Crippen LogP contribution in [0, 0.1) is 10.5 Å². The van der Waals surface area contributed by atoms with Crippen molar-refractivity contribution in [3.05, 3.63) is 33.5 Å². The van der Waals surface area contributed by atoms with Gasteiger partial charge in [-0.05, 0) is 60.9 Å². The summed E-state index contributed by atoms with van der Waals surface area (Å²) < 4.78 is 6.98. The first-order valence-corrected chi connectivity index (χ1v) is 8.09. The van der Waals surface area contributed by atoms with Crippen LogP contribution in [0.15, 0.2) is 24.3 Å². The summed E-state index contributed by atoms with van der Waals surface area (Å²) in [4.78, 5) is 1.79. The lowest BCUT2D eigenvalue weighted by Gasteiger charge is -2.21. The van der Waals surface area contributed by atoms with Crippen LogP contribution in [0.25, 0.3) is 11.3 Å². The fourth-order valence-electron chi connectivity index (χ4n) is 2.52. The Balaban J connectivity index is 1.78. The monoisotopic (exact) mass is 383 g/mol. The number of halogens is 1. The van der Waals surface area contributed by atoms with Crippen LogP contribution < -0.4 is 0 Å². The number of aryl methyl sites for hydroxylation is 1. The van der Waals surface area contributed by atoms with Crippen LogP contribution in [-0.4, -0.2) is 27.7 Å². The first-order chi connectivity index (χ1) is 9.72. The van der Waals surface area contributed by atoms with Gasteiger partial charge in [0.05, 0.1) is 18.3 Å². The van der Waals surface area contributed by atoms with Gasteiger partial charge in [0.15, 0.2) is 0 Å². The molecule has 0 aliphatic carbocycles. The molecule has 0 radical (unpaired) electrons. The quantitative estimate of drug-likeness (QED) is 0.763. The second kappa shape index (κ2) is 6.22. The molecule has 0 N–H and O–H groups in total. The van der Waals surface area contributed by atoms with Crippen LogP contribution in [0.3, 0.4) is 0 Å². The zero-order chi connectivity index (χ0) is 13.9. The summed E-state index contributed by atoms with van der Waals surface area (Å²) in [6.07, 6.45) is 3.80. The van der Waals surface area contributed by atoms with E-state index in [-0.39, 0.29) is 6.10 Å². The molecule has 1 unspecified atom stereocenters. The summed E-state index contributed by atoms with van der Waals surface area (Å²) in [6, 6.07) is 8.39. The number of aromatic nitrogens is 3. The summed E-state index contributed by atoms with van der Waals surface area (Å²) in [7, 11) is 0. The molecule has 0 amide bonds. The highest BCUT2D eigenvalue weighted by Gasteiger charge is 2.17. The van der Waals surface area contributed by atoms with E-state index in [2.05, 4.69) is 57.1 Å². The molecule has 0 saturated carbocycles. The van der Waals surface area contributed by atoms with E-state index < -0.39 is 0 Å². The average molecular weight is 383 g/mol. The van der Waals surface area contributed by atoms with Crippen LogP contribution in [0.5, 0.6) is 0 Å². The normalized spacial score (nSPS) is 19.2. The predicted molar refractivity (Wildman–Crippen MR) is 86.5 cm³/mol. The van der Waals surface area contributed by atoms with Gasteiger partial charge in [-0.25, -0.2) is 0 Å². The van der Waals surface area contributed by atoms with Crippen molar-refractivity contribution in [1.82, 2.24) is 15.0 Å². The number of hydrogen-bond acceptors (Lipinski definition) is 3. The zero-order valence-corrected chi connectivity index (χ0v) is 13.7. The van der Waals surface area contributed by atoms with Crippen molar-refractivity contribution in [1.29, 1.82) is 0 Å². The molecule has 3 rings (SSSR count). The first kappa shape index (κ1) is 14.0. The average Bonchev–Trinajstić information content (AvgIpc) is 2.81. The molecular formula is C15H18IN3O. The van der Waals surface area contributed by atoms with E-state index in [9.17, 15) is 0 Å². The molecule has 0 spiro atoms. The summed E-state index contributed by atoms with van der Waals surface area (Å²) in [5.41, 5.74) is 3.07. The molecular weight excluding hydrogens is 365 g/mol. The Morgan fingerprint density at radius 3 is 2.75 bits per heavy atom. The molecule has 0 bridgehead atoms. The lowest BCUT2D eigenvalue weighted by atomic mass is 10.1. The molecule has 1 aromatic carbocycles. The van der Waals surface area contributed by atoms with Crippen molar-refractivity contribution in [2.75, 3.05) is 6.61 Å². The van der Waals surface area contributed by atoms with Gasteiger partial charge in [0, 0.05) is 15.7 Å². The van der Waals surface area contributed by atoms with Crippen molar-refractivity contribution in [3.63, 3.8) is 0 Å². The van der Waals surface area contributed by atoms with Crippen LogP contribution >= 0.6 is 22.6 Å². The highest BCUT2D eigenvalue weighted by atomic mass is 127. The Bertz CT molecular complexity index is 573. The lowest BCUT2D eigenvalue weighted by molar-refractivity contribution is 0.00158. The third-order valence-corrected chi connectivity index (χ3v) is 4.30.